The van der Waals surface area contributed by atoms with Gasteiger partial charge in [0, 0.05) is 11.1 Å². The molecule has 0 amide bonds. The topological polar surface area (TPSA) is 9.23 Å². The van der Waals surface area contributed by atoms with Crippen molar-refractivity contribution in [2.24, 2.45) is 0 Å². The Morgan fingerprint density at radius 2 is 1.89 bits per heavy atom. The Morgan fingerprint density at radius 3 is 2.42 bits per heavy atom. The first kappa shape index (κ1) is 15.2. The second-order valence-electron chi connectivity index (χ2n) is 4.03. The minimum atomic E-state index is -0.944. The van der Waals surface area contributed by atoms with Gasteiger partial charge in [0.05, 0.1) is 6.61 Å². The molecule has 19 heavy (non-hydrogen) atoms. The molecular formula is C16H18F2O. The van der Waals surface area contributed by atoms with Gasteiger partial charge in [0.15, 0.2) is 11.7 Å². The van der Waals surface area contributed by atoms with E-state index in [1.165, 1.54) is 18.2 Å². The Kier molecular flexibility index (Phi) is 6.00. The predicted octanol–water partition coefficient (Wildman–Crippen LogP) is 5.22. The van der Waals surface area contributed by atoms with Crippen molar-refractivity contribution >= 4 is 5.83 Å². The molecule has 1 rings (SSSR count). The van der Waals surface area contributed by atoms with E-state index in [0.29, 0.717) is 12.4 Å². The van der Waals surface area contributed by atoms with Crippen molar-refractivity contribution in [3.63, 3.8) is 0 Å². The second kappa shape index (κ2) is 7.52. The van der Waals surface area contributed by atoms with Crippen LogP contribution in [0.2, 0.25) is 0 Å². The zero-order valence-corrected chi connectivity index (χ0v) is 11.2. The highest BCUT2D eigenvalue weighted by Gasteiger charge is 2.10. The smallest absolute Gasteiger partial charge is 0.166 e. The molecule has 0 saturated heterocycles. The van der Waals surface area contributed by atoms with E-state index in [4.69, 9.17) is 4.74 Å². The highest BCUT2D eigenvalue weighted by atomic mass is 19.2. The lowest BCUT2D eigenvalue weighted by atomic mass is 10.1. The largest absolute Gasteiger partial charge is 0.494 e. The summed E-state index contributed by atoms with van der Waals surface area (Å²) in [6, 6.07) is 6.22. The Hall–Kier alpha value is -1.90. The third-order valence-electron chi connectivity index (χ3n) is 2.42. The third kappa shape index (κ3) is 4.36. The van der Waals surface area contributed by atoms with Gasteiger partial charge in [-0.2, -0.15) is 0 Å². The van der Waals surface area contributed by atoms with E-state index in [9.17, 15) is 8.78 Å². The van der Waals surface area contributed by atoms with Gasteiger partial charge in [0.2, 0.25) is 0 Å². The van der Waals surface area contributed by atoms with Crippen molar-refractivity contribution in [3.05, 3.63) is 60.0 Å². The molecule has 102 valence electrons. The highest BCUT2D eigenvalue weighted by molar-refractivity contribution is 5.66. The molecular weight excluding hydrogens is 246 g/mol. The minimum absolute atomic E-state index is 0.0197. The molecule has 1 aromatic carbocycles. The molecule has 0 atom stereocenters. The Bertz CT molecular complexity index is 484. The molecule has 0 aliphatic carbocycles. The summed E-state index contributed by atoms with van der Waals surface area (Å²) in [5.74, 6) is -1.21. The zero-order valence-electron chi connectivity index (χ0n) is 11.2. The molecule has 0 radical (unpaired) electrons. The molecule has 0 unspecified atom stereocenters. The van der Waals surface area contributed by atoms with Crippen molar-refractivity contribution < 1.29 is 13.5 Å². The molecule has 0 aliphatic heterocycles. The summed E-state index contributed by atoms with van der Waals surface area (Å²) < 4.78 is 32.9. The average molecular weight is 264 g/mol. The lowest BCUT2D eigenvalue weighted by Crippen LogP contribution is -1.94. The lowest BCUT2D eigenvalue weighted by molar-refractivity contribution is 0.317. The maximum absolute atomic E-state index is 13.9. The van der Waals surface area contributed by atoms with Crippen LogP contribution in [0.4, 0.5) is 8.78 Å². The fourth-order valence-electron chi connectivity index (χ4n) is 1.46. The van der Waals surface area contributed by atoms with Gasteiger partial charge >= 0.3 is 0 Å². The number of hydrogen-bond acceptors (Lipinski definition) is 1. The average Bonchev–Trinajstić information content (AvgIpc) is 2.44. The fraction of sp³-hybridized carbons (Fsp3) is 0.250. The molecule has 0 spiro atoms. The van der Waals surface area contributed by atoms with Crippen LogP contribution in [0.3, 0.4) is 0 Å². The summed E-state index contributed by atoms with van der Waals surface area (Å²) in [4.78, 5) is 0. The van der Waals surface area contributed by atoms with E-state index < -0.39 is 11.7 Å². The van der Waals surface area contributed by atoms with Gasteiger partial charge in [-0.05, 0) is 37.6 Å². The van der Waals surface area contributed by atoms with Crippen LogP contribution in [0, 0.1) is 0 Å². The Morgan fingerprint density at radius 1 is 1.26 bits per heavy atom. The van der Waals surface area contributed by atoms with Gasteiger partial charge < -0.3 is 4.74 Å². The van der Waals surface area contributed by atoms with Crippen LogP contribution in [0.15, 0.2) is 54.4 Å². The first-order valence-corrected chi connectivity index (χ1v) is 6.20. The van der Waals surface area contributed by atoms with Crippen molar-refractivity contribution in [1.82, 2.24) is 0 Å². The zero-order chi connectivity index (χ0) is 14.3. The first-order chi connectivity index (χ1) is 9.10. The molecule has 0 heterocycles. The van der Waals surface area contributed by atoms with Gasteiger partial charge in [0.1, 0.15) is 5.75 Å². The number of rotatable bonds is 6. The van der Waals surface area contributed by atoms with E-state index in [1.807, 2.05) is 6.92 Å². The molecule has 1 nitrogen and oxygen atoms in total. The third-order valence-corrected chi connectivity index (χ3v) is 2.42. The van der Waals surface area contributed by atoms with E-state index in [-0.39, 0.29) is 11.1 Å². The molecule has 0 aliphatic rings. The van der Waals surface area contributed by atoms with Crippen LogP contribution in [0.25, 0.3) is 5.83 Å². The van der Waals surface area contributed by atoms with E-state index >= 15 is 0 Å². The van der Waals surface area contributed by atoms with Gasteiger partial charge in [-0.15, -0.1) is 0 Å². The molecule has 0 aromatic heterocycles. The molecule has 3 heteroatoms. The summed E-state index contributed by atoms with van der Waals surface area (Å²) in [6.07, 6.45) is 3.93. The lowest BCUT2D eigenvalue weighted by Gasteiger charge is -2.06. The second-order valence-corrected chi connectivity index (χ2v) is 4.03. The van der Waals surface area contributed by atoms with Crippen molar-refractivity contribution in [1.29, 1.82) is 0 Å². The quantitative estimate of drug-likeness (QED) is 0.640. The molecule has 0 saturated carbocycles. The maximum Gasteiger partial charge on any atom is 0.166 e. The highest BCUT2D eigenvalue weighted by Crippen LogP contribution is 2.27. The summed E-state index contributed by atoms with van der Waals surface area (Å²) in [7, 11) is 0. The van der Waals surface area contributed by atoms with Crippen LogP contribution in [-0.4, -0.2) is 6.61 Å². The van der Waals surface area contributed by atoms with E-state index in [2.05, 4.69) is 6.58 Å². The number of benzene rings is 1. The van der Waals surface area contributed by atoms with Crippen molar-refractivity contribution in [3.8, 4) is 5.75 Å². The summed E-state index contributed by atoms with van der Waals surface area (Å²) in [6.45, 7) is 7.78. The van der Waals surface area contributed by atoms with Gasteiger partial charge in [-0.3, -0.25) is 0 Å². The molecule has 1 aromatic rings. The minimum Gasteiger partial charge on any atom is -0.494 e. The maximum atomic E-state index is 13.9. The van der Waals surface area contributed by atoms with Gasteiger partial charge in [0.25, 0.3) is 0 Å². The SMILES string of the molecule is C=C(C=CC)C(F)=C(F)c1ccc(OCCC)cc1. The predicted molar refractivity (Wildman–Crippen MR) is 75.3 cm³/mol. The molecule has 0 bridgehead atoms. The number of ether oxygens (including phenoxy) is 1. The van der Waals surface area contributed by atoms with Gasteiger partial charge in [-0.1, -0.05) is 25.7 Å². The normalized spacial score (nSPS) is 12.4. The van der Waals surface area contributed by atoms with Crippen LogP contribution >= 0.6 is 0 Å². The van der Waals surface area contributed by atoms with Crippen LogP contribution in [0.5, 0.6) is 5.75 Å². The standard InChI is InChI=1S/C16H18F2O/c1-4-6-12(3)15(17)16(18)13-7-9-14(10-8-13)19-11-5-2/h4,6-10H,3,5,11H2,1-2H3. The van der Waals surface area contributed by atoms with Crippen LogP contribution in [0.1, 0.15) is 25.8 Å². The summed E-state index contributed by atoms with van der Waals surface area (Å²) >= 11 is 0. The summed E-state index contributed by atoms with van der Waals surface area (Å²) in [5, 5.41) is 0. The number of allylic oxidation sites excluding steroid dienone is 4. The number of halogens is 2. The van der Waals surface area contributed by atoms with E-state index in [1.54, 1.807) is 25.1 Å². The monoisotopic (exact) mass is 264 g/mol. The van der Waals surface area contributed by atoms with Gasteiger partial charge in [-0.25, -0.2) is 8.78 Å². The number of hydrogen-bond donors (Lipinski definition) is 0. The summed E-state index contributed by atoms with van der Waals surface area (Å²) in [5.41, 5.74) is 0.193. The van der Waals surface area contributed by atoms with E-state index in [0.717, 1.165) is 6.42 Å². The fourth-order valence-corrected chi connectivity index (χ4v) is 1.46. The Balaban J connectivity index is 2.90. The van der Waals surface area contributed by atoms with Crippen molar-refractivity contribution in [2.75, 3.05) is 6.61 Å². The van der Waals surface area contributed by atoms with Crippen LogP contribution in [-0.2, 0) is 0 Å². The van der Waals surface area contributed by atoms with Crippen molar-refractivity contribution in [2.45, 2.75) is 20.3 Å². The first-order valence-electron chi connectivity index (χ1n) is 6.20. The Labute approximate surface area is 112 Å². The van der Waals surface area contributed by atoms with Crippen LogP contribution < -0.4 is 4.74 Å². The molecule has 0 N–H and O–H groups in total. The molecule has 0 fully saturated rings.